The van der Waals surface area contributed by atoms with E-state index in [0.717, 1.165) is 0 Å². The van der Waals surface area contributed by atoms with Gasteiger partial charge in [0.05, 0.1) is 10.8 Å². The van der Waals surface area contributed by atoms with Crippen LogP contribution in [0, 0.1) is 0 Å². The van der Waals surface area contributed by atoms with E-state index < -0.39 is 10.8 Å². The third-order valence-electron chi connectivity index (χ3n) is 20.7. The summed E-state index contributed by atoms with van der Waals surface area (Å²) in [5.74, 6) is 0. The molecule has 20 rings (SSSR count). The lowest BCUT2D eigenvalue weighted by atomic mass is 9.69. The molecule has 0 heterocycles. The van der Waals surface area contributed by atoms with Crippen LogP contribution in [0.2, 0.25) is 0 Å². The minimum absolute atomic E-state index is 0.496. The Kier molecular flexibility index (Phi) is 9.14. The molecular formula is C86H50. The molecule has 4 aliphatic rings. The maximum atomic E-state index is 2.62. The summed E-state index contributed by atoms with van der Waals surface area (Å²) in [6, 6.07) is 116. The zero-order valence-corrected chi connectivity index (χ0v) is 46.9. The van der Waals surface area contributed by atoms with Crippen LogP contribution in [0.25, 0.3) is 143 Å². The highest BCUT2D eigenvalue weighted by Gasteiger charge is 2.54. The highest BCUT2D eigenvalue weighted by atomic mass is 14.5. The number of hydrogen-bond acceptors (Lipinski definition) is 0. The monoisotopic (exact) mass is 1080 g/mol. The zero-order valence-electron chi connectivity index (χ0n) is 46.9. The van der Waals surface area contributed by atoms with Crippen molar-refractivity contribution >= 4 is 64.6 Å². The summed E-state index contributed by atoms with van der Waals surface area (Å²) in [5, 5.41) is 15.0. The molecule has 16 aromatic carbocycles. The van der Waals surface area contributed by atoms with Gasteiger partial charge in [0, 0.05) is 0 Å². The van der Waals surface area contributed by atoms with Gasteiger partial charge in [-0.15, -0.1) is 0 Å². The van der Waals surface area contributed by atoms with Crippen LogP contribution in [-0.2, 0) is 10.8 Å². The van der Waals surface area contributed by atoms with E-state index in [1.165, 1.54) is 187 Å². The molecule has 0 saturated carbocycles. The van der Waals surface area contributed by atoms with Crippen molar-refractivity contribution in [3.8, 4) is 77.9 Å². The van der Waals surface area contributed by atoms with Crippen molar-refractivity contribution in [2.45, 2.75) is 10.8 Å². The Morgan fingerprint density at radius 1 is 0.128 bits per heavy atom. The van der Waals surface area contributed by atoms with Crippen molar-refractivity contribution in [2.75, 3.05) is 0 Å². The fourth-order valence-corrected chi connectivity index (χ4v) is 17.7. The first-order chi connectivity index (χ1) is 42.7. The molecule has 0 bridgehead atoms. The summed E-state index contributed by atoms with van der Waals surface area (Å²) < 4.78 is 0. The van der Waals surface area contributed by atoms with Gasteiger partial charge in [-0.1, -0.05) is 291 Å². The van der Waals surface area contributed by atoms with Gasteiger partial charge in [0.25, 0.3) is 0 Å². The van der Waals surface area contributed by atoms with Crippen LogP contribution in [0.1, 0.15) is 44.5 Å². The lowest BCUT2D eigenvalue weighted by Gasteiger charge is -2.31. The van der Waals surface area contributed by atoms with Crippen LogP contribution in [0.5, 0.6) is 0 Å². The fraction of sp³-hybridized carbons (Fsp3) is 0.0233. The zero-order chi connectivity index (χ0) is 56.0. The SMILES string of the molecule is c1ccc2c(c1)-c1ccccc1C21c2ccccc2-c2c1cc(-c1c3ccccc3c(-c3c4ccccc4c(-c4cc5c(c6ccccc46)-c4ccccc4C54c5ccccc5-c5ccccc54)c4ccccc34)c3ccccc13)c1ccccc21. The van der Waals surface area contributed by atoms with Crippen LogP contribution in [0.4, 0.5) is 0 Å². The predicted octanol–water partition coefficient (Wildman–Crippen LogP) is 22.3. The third-order valence-corrected chi connectivity index (χ3v) is 20.7. The van der Waals surface area contributed by atoms with E-state index >= 15 is 0 Å². The van der Waals surface area contributed by atoms with E-state index in [1.807, 2.05) is 0 Å². The van der Waals surface area contributed by atoms with Crippen LogP contribution in [-0.4, -0.2) is 0 Å². The Balaban J connectivity index is 0.886. The minimum atomic E-state index is -0.496. The molecule has 394 valence electrons. The Bertz CT molecular complexity index is 5170. The van der Waals surface area contributed by atoms with Gasteiger partial charge >= 0.3 is 0 Å². The normalized spacial score (nSPS) is 14.0. The molecule has 0 heteroatoms. The largest absolute Gasteiger partial charge is 0.0725 e. The topological polar surface area (TPSA) is 0 Å². The van der Waals surface area contributed by atoms with Crippen molar-refractivity contribution in [1.82, 2.24) is 0 Å². The van der Waals surface area contributed by atoms with Crippen molar-refractivity contribution in [3.63, 3.8) is 0 Å². The van der Waals surface area contributed by atoms with Crippen LogP contribution < -0.4 is 0 Å². The summed E-state index contributed by atoms with van der Waals surface area (Å²) in [6.45, 7) is 0. The van der Waals surface area contributed by atoms with E-state index in [1.54, 1.807) is 0 Å². The third kappa shape index (κ3) is 5.57. The van der Waals surface area contributed by atoms with Gasteiger partial charge in [0.2, 0.25) is 0 Å². The Hall–Kier alpha value is -10.9. The van der Waals surface area contributed by atoms with Gasteiger partial charge < -0.3 is 0 Å². The minimum Gasteiger partial charge on any atom is -0.0619 e. The standard InChI is InChI=1S/C86H50/c1-3-31-57-51(25-1)69(49-77-81(57)67-41-17-23-47-75(67)85(77)71-43-19-13-27-53(71)54-28-14-20-44-72(54)85)79-59-33-5-9-37-63(59)83(64-38-10-6-34-60(64)79)84-65-39-11-7-35-61(65)80(62-36-8-12-40-66(62)84)70-50-78-82(58-32-4-2-26-52(58)70)68-42-18-24-48-76(68)86(78)73-45-21-15-29-55(73)56-30-16-22-46-74(56)86/h1-50H. The maximum Gasteiger partial charge on any atom is 0.0725 e. The van der Waals surface area contributed by atoms with Gasteiger partial charge in [-0.25, -0.2) is 0 Å². The average molecular weight is 1080 g/mol. The highest BCUT2D eigenvalue weighted by molar-refractivity contribution is 6.32. The molecule has 86 heavy (non-hydrogen) atoms. The number of benzene rings is 16. The highest BCUT2D eigenvalue weighted by Crippen LogP contribution is 2.67. The number of rotatable bonds is 3. The van der Waals surface area contributed by atoms with E-state index in [-0.39, 0.29) is 0 Å². The summed E-state index contributed by atoms with van der Waals surface area (Å²) in [6.07, 6.45) is 0. The molecule has 0 unspecified atom stereocenters. The van der Waals surface area contributed by atoms with E-state index in [4.69, 9.17) is 0 Å². The molecule has 16 aromatic rings. The summed E-state index contributed by atoms with van der Waals surface area (Å²) in [5.41, 5.74) is 28.0. The molecule has 4 aliphatic carbocycles. The predicted molar refractivity (Wildman–Crippen MR) is 360 cm³/mol. The molecule has 0 saturated heterocycles. The first-order valence-corrected chi connectivity index (χ1v) is 30.3. The summed E-state index contributed by atoms with van der Waals surface area (Å²) in [7, 11) is 0. The average Bonchev–Trinajstić information content (AvgIpc) is 1.51. The molecule has 0 amide bonds. The van der Waals surface area contributed by atoms with E-state index in [0.29, 0.717) is 0 Å². The second-order valence-corrected chi connectivity index (χ2v) is 24.2. The second kappa shape index (κ2) is 16.9. The van der Waals surface area contributed by atoms with Crippen molar-refractivity contribution in [2.24, 2.45) is 0 Å². The Morgan fingerprint density at radius 2 is 0.314 bits per heavy atom. The molecule has 2 spiro atoms. The van der Waals surface area contributed by atoms with Gasteiger partial charge in [-0.05, 0) is 199 Å². The number of hydrogen-bond donors (Lipinski definition) is 0. The fourth-order valence-electron chi connectivity index (χ4n) is 17.7. The van der Waals surface area contributed by atoms with Gasteiger partial charge in [0.15, 0.2) is 0 Å². The number of fused-ring (bicyclic) bond motifs is 28. The lowest BCUT2D eigenvalue weighted by Crippen LogP contribution is -2.25. The molecule has 0 aromatic heterocycles. The molecular weight excluding hydrogens is 1030 g/mol. The Morgan fingerprint density at radius 3 is 0.581 bits per heavy atom. The Labute approximate surface area is 498 Å². The quantitative estimate of drug-likeness (QED) is 0.155. The van der Waals surface area contributed by atoms with Gasteiger partial charge in [-0.3, -0.25) is 0 Å². The molecule has 0 atom stereocenters. The second-order valence-electron chi connectivity index (χ2n) is 24.2. The summed E-state index contributed by atoms with van der Waals surface area (Å²) >= 11 is 0. The van der Waals surface area contributed by atoms with Crippen molar-refractivity contribution in [3.05, 3.63) is 348 Å². The van der Waals surface area contributed by atoms with Crippen LogP contribution in [0.3, 0.4) is 0 Å². The smallest absolute Gasteiger partial charge is 0.0619 e. The molecule has 0 radical (unpaired) electrons. The van der Waals surface area contributed by atoms with Crippen LogP contribution in [0.15, 0.2) is 303 Å². The summed E-state index contributed by atoms with van der Waals surface area (Å²) in [4.78, 5) is 0. The molecule has 0 fully saturated rings. The molecule has 0 N–H and O–H groups in total. The molecule has 0 aliphatic heterocycles. The lowest BCUT2D eigenvalue weighted by molar-refractivity contribution is 0.795. The molecule has 0 nitrogen and oxygen atoms in total. The van der Waals surface area contributed by atoms with E-state index in [9.17, 15) is 0 Å². The first-order valence-electron chi connectivity index (χ1n) is 30.3. The first kappa shape index (κ1) is 46.6. The van der Waals surface area contributed by atoms with Crippen molar-refractivity contribution in [1.29, 1.82) is 0 Å². The van der Waals surface area contributed by atoms with Gasteiger partial charge in [0.1, 0.15) is 0 Å². The maximum absolute atomic E-state index is 2.62. The van der Waals surface area contributed by atoms with Crippen LogP contribution >= 0.6 is 0 Å². The van der Waals surface area contributed by atoms with Crippen molar-refractivity contribution < 1.29 is 0 Å². The van der Waals surface area contributed by atoms with Gasteiger partial charge in [-0.2, -0.15) is 0 Å². The van der Waals surface area contributed by atoms with E-state index in [2.05, 4.69) is 303 Å².